The number of unbranched alkanes of at least 4 members (excludes halogenated alkanes) is 18. The van der Waals surface area contributed by atoms with E-state index >= 15 is 0 Å². The standard InChI is InChI=1S/C43H69NOS/c1-4-7-10-13-15-17-20-23-34-44(35-24-21-18-16-14-11-8-5-2)41-32-30-40(31-33-41)43-42(45-36-37-46-43)39-28-26-38(27-29-39)25-22-19-12-9-6-3/h26-33H,4-25,34-37H2,1-3H3. The van der Waals surface area contributed by atoms with E-state index in [0.29, 0.717) is 0 Å². The number of nitrogens with zero attached hydrogens (tertiary/aromatic N) is 1. The molecule has 46 heavy (non-hydrogen) atoms. The molecule has 0 radical (unpaired) electrons. The summed E-state index contributed by atoms with van der Waals surface area (Å²) in [6.45, 7) is 10.0. The van der Waals surface area contributed by atoms with Crippen LogP contribution in [0.15, 0.2) is 48.5 Å². The molecule has 0 aromatic heterocycles. The SMILES string of the molecule is CCCCCCCCCCN(CCCCCCCCCC)c1ccc(C2=C(c3ccc(CCCCCCC)cc3)OCCS2)cc1. The van der Waals surface area contributed by atoms with E-state index in [0.717, 1.165) is 18.1 Å². The third kappa shape index (κ3) is 15.4. The zero-order valence-corrected chi connectivity index (χ0v) is 31.1. The van der Waals surface area contributed by atoms with Crippen LogP contribution in [0.1, 0.15) is 172 Å². The van der Waals surface area contributed by atoms with Crippen LogP contribution in [0.25, 0.3) is 10.7 Å². The number of ether oxygens (including phenoxy) is 1. The molecule has 0 amide bonds. The average Bonchev–Trinajstić information content (AvgIpc) is 3.10. The van der Waals surface area contributed by atoms with E-state index in [1.807, 2.05) is 11.8 Å². The van der Waals surface area contributed by atoms with Gasteiger partial charge in [-0.2, -0.15) is 0 Å². The van der Waals surface area contributed by atoms with Gasteiger partial charge in [0.2, 0.25) is 0 Å². The van der Waals surface area contributed by atoms with E-state index in [2.05, 4.69) is 74.2 Å². The summed E-state index contributed by atoms with van der Waals surface area (Å²) in [6, 6.07) is 18.7. The first-order valence-corrected chi connectivity index (χ1v) is 20.7. The van der Waals surface area contributed by atoms with Gasteiger partial charge in [0.1, 0.15) is 5.76 Å². The number of benzene rings is 2. The van der Waals surface area contributed by atoms with Gasteiger partial charge in [0.15, 0.2) is 0 Å². The molecule has 1 aliphatic rings. The van der Waals surface area contributed by atoms with Crippen LogP contribution in [-0.4, -0.2) is 25.4 Å². The summed E-state index contributed by atoms with van der Waals surface area (Å²) in [5.41, 5.74) is 5.35. The minimum atomic E-state index is 0.783. The number of hydrogen-bond donors (Lipinski definition) is 0. The zero-order chi connectivity index (χ0) is 32.5. The molecule has 0 fully saturated rings. The zero-order valence-electron chi connectivity index (χ0n) is 30.3. The van der Waals surface area contributed by atoms with E-state index in [-0.39, 0.29) is 0 Å². The summed E-state index contributed by atoms with van der Waals surface area (Å²) in [7, 11) is 0. The van der Waals surface area contributed by atoms with E-state index in [9.17, 15) is 0 Å². The van der Waals surface area contributed by atoms with E-state index in [1.165, 1.54) is 182 Å². The molecule has 0 atom stereocenters. The molecular weight excluding hydrogens is 579 g/mol. The lowest BCUT2D eigenvalue weighted by atomic mass is 10.0. The molecule has 0 aliphatic carbocycles. The maximum atomic E-state index is 6.34. The number of anilines is 1. The first-order chi connectivity index (χ1) is 22.8. The molecule has 2 aromatic carbocycles. The highest BCUT2D eigenvalue weighted by Crippen LogP contribution is 2.40. The first kappa shape index (κ1) is 38.6. The van der Waals surface area contributed by atoms with Crippen molar-refractivity contribution < 1.29 is 4.74 Å². The molecule has 0 unspecified atom stereocenters. The monoisotopic (exact) mass is 648 g/mol. The molecule has 0 saturated heterocycles. The molecule has 1 heterocycles. The van der Waals surface area contributed by atoms with Crippen molar-refractivity contribution in [2.24, 2.45) is 0 Å². The molecule has 0 bridgehead atoms. The van der Waals surface area contributed by atoms with Crippen molar-refractivity contribution in [2.45, 2.75) is 162 Å². The smallest absolute Gasteiger partial charge is 0.140 e. The second kappa shape index (κ2) is 25.2. The number of rotatable bonds is 27. The Labute approximate surface area is 289 Å². The highest BCUT2D eigenvalue weighted by atomic mass is 32.2. The average molecular weight is 648 g/mol. The largest absolute Gasteiger partial charge is 0.491 e. The minimum absolute atomic E-state index is 0.783. The van der Waals surface area contributed by atoms with Gasteiger partial charge in [0.25, 0.3) is 0 Å². The summed E-state index contributed by atoms with van der Waals surface area (Å²) in [4.78, 5) is 3.97. The maximum Gasteiger partial charge on any atom is 0.140 e. The van der Waals surface area contributed by atoms with Crippen molar-refractivity contribution in [3.63, 3.8) is 0 Å². The Morgan fingerprint density at radius 1 is 0.522 bits per heavy atom. The molecule has 0 spiro atoms. The lowest BCUT2D eigenvalue weighted by molar-refractivity contribution is 0.301. The van der Waals surface area contributed by atoms with E-state index < -0.39 is 0 Å². The molecule has 3 rings (SSSR count). The lowest BCUT2D eigenvalue weighted by Gasteiger charge is -2.26. The summed E-state index contributed by atoms with van der Waals surface area (Å²) in [5, 5.41) is 0. The van der Waals surface area contributed by atoms with Crippen LogP contribution in [0, 0.1) is 0 Å². The highest BCUT2D eigenvalue weighted by molar-refractivity contribution is 8.08. The number of aryl methyl sites for hydroxylation is 1. The molecule has 258 valence electrons. The topological polar surface area (TPSA) is 12.5 Å². The fraction of sp³-hybridized carbons (Fsp3) is 0.674. The van der Waals surface area contributed by atoms with Crippen LogP contribution in [0.3, 0.4) is 0 Å². The van der Waals surface area contributed by atoms with Gasteiger partial charge >= 0.3 is 0 Å². The Bertz CT molecular complexity index is 1020. The van der Waals surface area contributed by atoms with Crippen molar-refractivity contribution in [1.82, 2.24) is 0 Å². The summed E-state index contributed by atoms with van der Waals surface area (Å²) < 4.78 is 6.34. The normalized spacial score (nSPS) is 13.3. The van der Waals surface area contributed by atoms with Gasteiger partial charge in [0, 0.05) is 30.1 Å². The maximum absolute atomic E-state index is 6.34. The number of thioether (sulfide) groups is 1. The van der Waals surface area contributed by atoms with Crippen molar-refractivity contribution in [3.05, 3.63) is 65.2 Å². The first-order valence-electron chi connectivity index (χ1n) is 19.7. The predicted molar refractivity (Wildman–Crippen MR) is 208 cm³/mol. The predicted octanol–water partition coefficient (Wildman–Crippen LogP) is 13.9. The minimum Gasteiger partial charge on any atom is -0.491 e. The van der Waals surface area contributed by atoms with Crippen LogP contribution in [0.4, 0.5) is 5.69 Å². The van der Waals surface area contributed by atoms with Gasteiger partial charge in [-0.05, 0) is 48.9 Å². The van der Waals surface area contributed by atoms with Crippen LogP contribution in [-0.2, 0) is 11.2 Å². The molecule has 0 saturated carbocycles. The Kier molecular flexibility index (Phi) is 21.1. The van der Waals surface area contributed by atoms with Gasteiger partial charge in [-0.25, -0.2) is 0 Å². The van der Waals surface area contributed by atoms with Crippen LogP contribution in [0.2, 0.25) is 0 Å². The van der Waals surface area contributed by atoms with E-state index in [1.54, 1.807) is 0 Å². The van der Waals surface area contributed by atoms with Crippen LogP contribution < -0.4 is 4.90 Å². The second-order valence-corrected chi connectivity index (χ2v) is 14.8. The molecule has 0 N–H and O–H groups in total. The van der Waals surface area contributed by atoms with Crippen LogP contribution in [0.5, 0.6) is 0 Å². The van der Waals surface area contributed by atoms with Gasteiger partial charge in [-0.15, -0.1) is 11.8 Å². The molecule has 1 aliphatic heterocycles. The van der Waals surface area contributed by atoms with Crippen LogP contribution >= 0.6 is 11.8 Å². The summed E-state index contributed by atoms with van der Waals surface area (Å²) >= 11 is 1.95. The Balaban J connectivity index is 1.60. The third-order valence-electron chi connectivity index (χ3n) is 9.63. The quantitative estimate of drug-likeness (QED) is 0.0895. The fourth-order valence-corrected chi connectivity index (χ4v) is 7.65. The Morgan fingerprint density at radius 3 is 1.50 bits per heavy atom. The van der Waals surface area contributed by atoms with E-state index in [4.69, 9.17) is 4.74 Å². The van der Waals surface area contributed by atoms with Gasteiger partial charge in [-0.1, -0.05) is 173 Å². The van der Waals surface area contributed by atoms with Crippen molar-refractivity contribution >= 4 is 28.1 Å². The summed E-state index contributed by atoms with van der Waals surface area (Å²) in [5.74, 6) is 2.08. The van der Waals surface area contributed by atoms with Crippen molar-refractivity contribution in [3.8, 4) is 0 Å². The fourth-order valence-electron chi connectivity index (χ4n) is 6.67. The molecule has 2 nitrogen and oxygen atoms in total. The van der Waals surface area contributed by atoms with Crippen molar-refractivity contribution in [2.75, 3.05) is 30.3 Å². The summed E-state index contributed by atoms with van der Waals surface area (Å²) in [6.07, 6.45) is 29.9. The Hall–Kier alpha value is -1.87. The van der Waals surface area contributed by atoms with Gasteiger partial charge in [-0.3, -0.25) is 0 Å². The molecule has 3 heteroatoms. The molecular formula is C43H69NOS. The lowest BCUT2D eigenvalue weighted by Crippen LogP contribution is -2.25. The van der Waals surface area contributed by atoms with Crippen molar-refractivity contribution in [1.29, 1.82) is 0 Å². The third-order valence-corrected chi connectivity index (χ3v) is 10.7. The second-order valence-electron chi connectivity index (χ2n) is 13.7. The molecule has 2 aromatic rings. The van der Waals surface area contributed by atoms with Gasteiger partial charge < -0.3 is 9.64 Å². The highest BCUT2D eigenvalue weighted by Gasteiger charge is 2.19. The number of hydrogen-bond acceptors (Lipinski definition) is 3. The Morgan fingerprint density at radius 2 is 0.978 bits per heavy atom. The van der Waals surface area contributed by atoms with Gasteiger partial charge in [0.05, 0.1) is 11.5 Å².